The summed E-state index contributed by atoms with van der Waals surface area (Å²) in [4.78, 5) is 18.9. The van der Waals surface area contributed by atoms with Gasteiger partial charge in [-0.25, -0.2) is 4.98 Å². The molecular formula is C22H26F3N3O2. The van der Waals surface area contributed by atoms with Gasteiger partial charge in [0, 0.05) is 25.0 Å². The van der Waals surface area contributed by atoms with Gasteiger partial charge in [-0.3, -0.25) is 9.69 Å². The van der Waals surface area contributed by atoms with Crippen LogP contribution in [0.3, 0.4) is 0 Å². The molecule has 1 aromatic carbocycles. The lowest BCUT2D eigenvalue weighted by molar-refractivity contribution is -0.136. The zero-order valence-corrected chi connectivity index (χ0v) is 17.0. The predicted octanol–water partition coefficient (Wildman–Crippen LogP) is 3.89. The number of rotatable bonds is 6. The Morgan fingerprint density at radius 2 is 1.97 bits per heavy atom. The molecular weight excluding hydrogens is 395 g/mol. The Kier molecular flexibility index (Phi) is 5.97. The van der Waals surface area contributed by atoms with E-state index in [1.807, 2.05) is 0 Å². The first-order valence-corrected chi connectivity index (χ1v) is 10.4. The number of pyridine rings is 1. The van der Waals surface area contributed by atoms with Crippen LogP contribution in [0.1, 0.15) is 52.4 Å². The number of nitrogens with zero attached hydrogens (tertiary/aromatic N) is 2. The van der Waals surface area contributed by atoms with E-state index in [4.69, 9.17) is 4.74 Å². The van der Waals surface area contributed by atoms with Crippen molar-refractivity contribution in [3.05, 3.63) is 40.6 Å². The number of benzene rings is 1. The average Bonchev–Trinajstić information content (AvgIpc) is 3.56. The number of carbonyl (C=O) groups is 1. The molecule has 5 nitrogen and oxygen atoms in total. The van der Waals surface area contributed by atoms with E-state index in [2.05, 4.69) is 15.2 Å². The first-order chi connectivity index (χ1) is 14.3. The predicted molar refractivity (Wildman–Crippen MR) is 108 cm³/mol. The Labute approximate surface area is 173 Å². The van der Waals surface area contributed by atoms with E-state index in [1.54, 1.807) is 19.1 Å². The molecule has 2 aromatic rings. The highest BCUT2D eigenvalue weighted by Crippen LogP contribution is 2.44. The van der Waals surface area contributed by atoms with Crippen molar-refractivity contribution < 1.29 is 22.7 Å². The quantitative estimate of drug-likeness (QED) is 0.719. The molecule has 0 atom stereocenters. The number of hydrogen-bond acceptors (Lipinski definition) is 4. The summed E-state index contributed by atoms with van der Waals surface area (Å²) in [6, 6.07) is 4.58. The van der Waals surface area contributed by atoms with E-state index in [0.29, 0.717) is 23.1 Å². The zero-order valence-electron chi connectivity index (χ0n) is 17.0. The van der Waals surface area contributed by atoms with Crippen LogP contribution >= 0.6 is 0 Å². The van der Waals surface area contributed by atoms with E-state index in [9.17, 15) is 18.0 Å². The Balaban J connectivity index is 1.51. The molecule has 0 bridgehead atoms. The molecule has 4 rings (SSSR count). The fourth-order valence-corrected chi connectivity index (χ4v) is 3.92. The average molecular weight is 421 g/mol. The number of halogens is 3. The Morgan fingerprint density at radius 3 is 2.63 bits per heavy atom. The van der Waals surface area contributed by atoms with Gasteiger partial charge in [-0.15, -0.1) is 0 Å². The highest BCUT2D eigenvalue weighted by molar-refractivity contribution is 5.97. The maximum atomic E-state index is 13.7. The first-order valence-electron chi connectivity index (χ1n) is 10.4. The number of ether oxygens (including phenoxy) is 1. The zero-order chi connectivity index (χ0) is 21.3. The number of amides is 1. The van der Waals surface area contributed by atoms with Crippen molar-refractivity contribution in [1.82, 2.24) is 15.2 Å². The molecule has 1 amide bonds. The Hall–Kier alpha value is -2.19. The van der Waals surface area contributed by atoms with Crippen molar-refractivity contribution >= 4 is 16.8 Å². The number of hydrogen-bond donors (Lipinski definition) is 1. The molecule has 2 aliphatic rings. The third-order valence-electron chi connectivity index (χ3n) is 5.77. The first kappa shape index (κ1) is 21.1. The van der Waals surface area contributed by atoms with Gasteiger partial charge in [0.15, 0.2) is 0 Å². The molecule has 1 aromatic heterocycles. The van der Waals surface area contributed by atoms with Gasteiger partial charge in [0.2, 0.25) is 0 Å². The lowest BCUT2D eigenvalue weighted by Crippen LogP contribution is -2.38. The third kappa shape index (κ3) is 4.75. The molecule has 0 unspecified atom stereocenters. The van der Waals surface area contributed by atoms with Crippen LogP contribution in [0.25, 0.3) is 10.9 Å². The molecule has 1 N–H and O–H groups in total. The van der Waals surface area contributed by atoms with Gasteiger partial charge >= 0.3 is 6.18 Å². The van der Waals surface area contributed by atoms with Gasteiger partial charge in [-0.1, -0.05) is 0 Å². The second-order valence-corrected chi connectivity index (χ2v) is 8.12. The Bertz CT molecular complexity index is 935. The van der Waals surface area contributed by atoms with Crippen LogP contribution in [0.5, 0.6) is 0 Å². The molecule has 1 aliphatic heterocycles. The number of aryl methyl sites for hydroxylation is 1. The second-order valence-electron chi connectivity index (χ2n) is 8.12. The molecule has 162 valence electrons. The summed E-state index contributed by atoms with van der Waals surface area (Å²) in [6.45, 7) is 6.21. The summed E-state index contributed by atoms with van der Waals surface area (Å²) in [5.41, 5.74) is 0.458. The maximum Gasteiger partial charge on any atom is 0.418 e. The number of morpholine rings is 1. The standard InChI is InChI=1S/C22H26F3N3O2/c1-14-11-19(21(29)26-5-2-6-28-7-9-30-10-8-28)27-20-17(14)12-16(15-3-4-15)13-18(20)22(23,24)25/h11-13,15H,2-10H2,1H3,(H,26,29). The number of nitrogens with one attached hydrogen (secondary N) is 1. The SMILES string of the molecule is Cc1cc(C(=O)NCCCN2CCOCC2)nc2c(C(F)(F)F)cc(C3CC3)cc12. The number of alkyl halides is 3. The van der Waals surface area contributed by atoms with Gasteiger partial charge in [0.1, 0.15) is 5.69 Å². The molecule has 8 heteroatoms. The van der Waals surface area contributed by atoms with Crippen LogP contribution in [0.4, 0.5) is 13.2 Å². The summed E-state index contributed by atoms with van der Waals surface area (Å²) in [5.74, 6) is -0.245. The molecule has 0 spiro atoms. The van der Waals surface area contributed by atoms with Crippen LogP contribution in [0, 0.1) is 6.92 Å². The van der Waals surface area contributed by atoms with Crippen LogP contribution in [0.15, 0.2) is 18.2 Å². The smallest absolute Gasteiger partial charge is 0.379 e. The van der Waals surface area contributed by atoms with Gasteiger partial charge in [-0.2, -0.15) is 13.2 Å². The van der Waals surface area contributed by atoms with Crippen LogP contribution in [-0.2, 0) is 10.9 Å². The molecule has 2 heterocycles. The van der Waals surface area contributed by atoms with Crippen molar-refractivity contribution in [2.75, 3.05) is 39.4 Å². The summed E-state index contributed by atoms with van der Waals surface area (Å²) in [5, 5.41) is 3.26. The van der Waals surface area contributed by atoms with Gasteiger partial charge in [0.25, 0.3) is 5.91 Å². The summed E-state index contributed by atoms with van der Waals surface area (Å²) >= 11 is 0. The normalized spacial score (nSPS) is 18.0. The van der Waals surface area contributed by atoms with Gasteiger partial charge < -0.3 is 10.1 Å². The molecule has 1 saturated carbocycles. The van der Waals surface area contributed by atoms with Gasteiger partial charge in [-0.05, 0) is 68.0 Å². The van der Waals surface area contributed by atoms with E-state index in [0.717, 1.165) is 52.1 Å². The number of aromatic nitrogens is 1. The lowest BCUT2D eigenvalue weighted by Gasteiger charge is -2.26. The van der Waals surface area contributed by atoms with Crippen molar-refractivity contribution in [3.63, 3.8) is 0 Å². The van der Waals surface area contributed by atoms with Crippen LogP contribution in [-0.4, -0.2) is 55.2 Å². The minimum Gasteiger partial charge on any atom is -0.379 e. The van der Waals surface area contributed by atoms with Crippen molar-refractivity contribution in [2.24, 2.45) is 0 Å². The number of fused-ring (bicyclic) bond motifs is 1. The fourth-order valence-electron chi connectivity index (χ4n) is 3.92. The van der Waals surface area contributed by atoms with E-state index in [-0.39, 0.29) is 17.1 Å². The minimum atomic E-state index is -4.52. The van der Waals surface area contributed by atoms with E-state index < -0.39 is 17.6 Å². The summed E-state index contributed by atoms with van der Waals surface area (Å²) in [6.07, 6.45) is -1.92. The highest BCUT2D eigenvalue weighted by atomic mass is 19.4. The molecule has 1 aliphatic carbocycles. The van der Waals surface area contributed by atoms with E-state index in [1.165, 1.54) is 6.07 Å². The second kappa shape index (κ2) is 8.51. The lowest BCUT2D eigenvalue weighted by atomic mass is 9.98. The topological polar surface area (TPSA) is 54.5 Å². The number of carbonyl (C=O) groups excluding carboxylic acids is 1. The van der Waals surface area contributed by atoms with Crippen molar-refractivity contribution in [2.45, 2.75) is 38.3 Å². The molecule has 30 heavy (non-hydrogen) atoms. The molecule has 1 saturated heterocycles. The largest absolute Gasteiger partial charge is 0.418 e. The van der Waals surface area contributed by atoms with Crippen LogP contribution < -0.4 is 5.32 Å². The van der Waals surface area contributed by atoms with Crippen molar-refractivity contribution in [3.8, 4) is 0 Å². The van der Waals surface area contributed by atoms with E-state index >= 15 is 0 Å². The summed E-state index contributed by atoms with van der Waals surface area (Å²) in [7, 11) is 0. The van der Waals surface area contributed by atoms with Gasteiger partial charge in [0.05, 0.1) is 24.3 Å². The minimum absolute atomic E-state index is 0.0241. The van der Waals surface area contributed by atoms with Crippen LogP contribution in [0.2, 0.25) is 0 Å². The maximum absolute atomic E-state index is 13.7. The molecule has 2 fully saturated rings. The monoisotopic (exact) mass is 421 g/mol. The molecule has 0 radical (unpaired) electrons. The Morgan fingerprint density at radius 1 is 1.23 bits per heavy atom. The van der Waals surface area contributed by atoms with Crippen molar-refractivity contribution in [1.29, 1.82) is 0 Å². The fraction of sp³-hybridized carbons (Fsp3) is 0.545. The third-order valence-corrected chi connectivity index (χ3v) is 5.77. The summed E-state index contributed by atoms with van der Waals surface area (Å²) < 4.78 is 46.5. The highest BCUT2D eigenvalue weighted by Gasteiger charge is 2.36.